The summed E-state index contributed by atoms with van der Waals surface area (Å²) in [4.78, 5) is 14.6. The number of H-pyrrole nitrogens is 1. The summed E-state index contributed by atoms with van der Waals surface area (Å²) in [5, 5.41) is 4.25. The Morgan fingerprint density at radius 3 is 3.00 bits per heavy atom. The van der Waals surface area contributed by atoms with Crippen LogP contribution in [0.25, 0.3) is 5.65 Å². The molecule has 0 bridgehead atoms. The second kappa shape index (κ2) is 2.62. The van der Waals surface area contributed by atoms with Gasteiger partial charge >= 0.3 is 0 Å². The van der Waals surface area contributed by atoms with E-state index in [0.29, 0.717) is 22.9 Å². The molecule has 1 aliphatic rings. The second-order valence-corrected chi connectivity index (χ2v) is 4.11. The van der Waals surface area contributed by atoms with Crippen LogP contribution in [-0.2, 0) is 0 Å². The number of anilines is 1. The Bertz CT molecular complexity index is 591. The lowest BCUT2D eigenvalue weighted by Gasteiger charge is -2.04. The first-order chi connectivity index (χ1) is 7.16. The zero-order valence-corrected chi connectivity index (χ0v) is 8.45. The first-order valence-electron chi connectivity index (χ1n) is 5.05. The highest BCUT2D eigenvalue weighted by Gasteiger charge is 2.29. The fraction of sp³-hybridized carbons (Fsp3) is 0.400. The van der Waals surface area contributed by atoms with Crippen LogP contribution in [0.5, 0.6) is 0 Å². The lowest BCUT2D eigenvalue weighted by atomic mass is 10.2. The number of nitrogens with one attached hydrogen (secondary N) is 1. The van der Waals surface area contributed by atoms with Crippen molar-refractivity contribution >= 4 is 11.5 Å². The maximum atomic E-state index is 11.8. The molecule has 0 saturated heterocycles. The lowest BCUT2D eigenvalue weighted by Crippen LogP contribution is -2.18. The molecule has 2 heterocycles. The third-order valence-corrected chi connectivity index (χ3v) is 2.81. The molecular formula is C10H12N4O. The number of nitrogens with zero attached hydrogens (tertiary/aromatic N) is 2. The van der Waals surface area contributed by atoms with Gasteiger partial charge in [0.15, 0.2) is 0 Å². The van der Waals surface area contributed by atoms with E-state index < -0.39 is 0 Å². The molecule has 5 heteroatoms. The molecule has 0 atom stereocenters. The standard InChI is InChI=1S/C10H12N4O/c1-5-4-7-12-10(15)8(6-2-3-6)9(11)14(7)13-5/h4,6H,2-3,11H2,1H3,(H,12,15). The summed E-state index contributed by atoms with van der Waals surface area (Å²) < 4.78 is 1.62. The average Bonchev–Trinajstić information content (AvgIpc) is 2.90. The third kappa shape index (κ3) is 1.16. The number of aromatic amines is 1. The van der Waals surface area contributed by atoms with Gasteiger partial charge < -0.3 is 10.7 Å². The molecular weight excluding hydrogens is 192 g/mol. The van der Waals surface area contributed by atoms with Crippen LogP contribution in [0.15, 0.2) is 10.9 Å². The van der Waals surface area contributed by atoms with E-state index in [2.05, 4.69) is 10.1 Å². The highest BCUT2D eigenvalue weighted by molar-refractivity contribution is 5.52. The van der Waals surface area contributed by atoms with Gasteiger partial charge in [-0.15, -0.1) is 0 Å². The van der Waals surface area contributed by atoms with Crippen LogP contribution in [0, 0.1) is 6.92 Å². The van der Waals surface area contributed by atoms with Gasteiger partial charge in [0.25, 0.3) is 5.56 Å². The van der Waals surface area contributed by atoms with Crippen molar-refractivity contribution in [2.75, 3.05) is 5.73 Å². The van der Waals surface area contributed by atoms with Crippen molar-refractivity contribution in [2.24, 2.45) is 0 Å². The van der Waals surface area contributed by atoms with Gasteiger partial charge in [0.05, 0.1) is 11.3 Å². The Labute approximate surface area is 85.9 Å². The van der Waals surface area contributed by atoms with Crippen LogP contribution < -0.4 is 11.3 Å². The second-order valence-electron chi connectivity index (χ2n) is 4.11. The Balaban J connectivity index is 2.40. The molecule has 0 spiro atoms. The normalized spacial score (nSPS) is 16.1. The molecule has 0 aliphatic heterocycles. The van der Waals surface area contributed by atoms with Crippen LogP contribution >= 0.6 is 0 Å². The van der Waals surface area contributed by atoms with Gasteiger partial charge in [-0.25, -0.2) is 4.52 Å². The number of hydrogen-bond acceptors (Lipinski definition) is 3. The van der Waals surface area contributed by atoms with Crippen LogP contribution in [0.2, 0.25) is 0 Å². The van der Waals surface area contributed by atoms with Crippen LogP contribution in [0.4, 0.5) is 5.82 Å². The maximum Gasteiger partial charge on any atom is 0.256 e. The molecule has 2 aromatic heterocycles. The fourth-order valence-corrected chi connectivity index (χ4v) is 1.95. The predicted molar refractivity (Wildman–Crippen MR) is 56.9 cm³/mol. The Hall–Kier alpha value is -1.78. The smallest absolute Gasteiger partial charge is 0.256 e. The number of aromatic nitrogens is 3. The average molecular weight is 204 g/mol. The summed E-state index contributed by atoms with van der Waals surface area (Å²) in [5.74, 6) is 0.826. The molecule has 2 aromatic rings. The van der Waals surface area contributed by atoms with Crippen molar-refractivity contribution < 1.29 is 0 Å². The Morgan fingerprint density at radius 1 is 1.60 bits per heavy atom. The summed E-state index contributed by atoms with van der Waals surface area (Å²) in [6.45, 7) is 1.88. The minimum atomic E-state index is -0.0672. The zero-order valence-electron chi connectivity index (χ0n) is 8.45. The van der Waals surface area contributed by atoms with Crippen molar-refractivity contribution in [1.29, 1.82) is 0 Å². The Morgan fingerprint density at radius 2 is 2.33 bits per heavy atom. The van der Waals surface area contributed by atoms with Crippen molar-refractivity contribution in [1.82, 2.24) is 14.6 Å². The maximum absolute atomic E-state index is 11.8. The minimum Gasteiger partial charge on any atom is -0.383 e. The van der Waals surface area contributed by atoms with E-state index in [4.69, 9.17) is 5.73 Å². The highest BCUT2D eigenvalue weighted by Crippen LogP contribution is 2.40. The number of nitrogens with two attached hydrogens (primary N) is 1. The van der Waals surface area contributed by atoms with Crippen molar-refractivity contribution in [3.05, 3.63) is 27.7 Å². The van der Waals surface area contributed by atoms with E-state index in [1.807, 2.05) is 13.0 Å². The number of aryl methyl sites for hydroxylation is 1. The van der Waals surface area contributed by atoms with Gasteiger partial charge in [-0.2, -0.15) is 5.10 Å². The van der Waals surface area contributed by atoms with E-state index in [1.165, 1.54) is 0 Å². The molecule has 0 radical (unpaired) electrons. The quantitative estimate of drug-likeness (QED) is 0.721. The number of rotatable bonds is 1. The van der Waals surface area contributed by atoms with Gasteiger partial charge in [0, 0.05) is 6.07 Å². The summed E-state index contributed by atoms with van der Waals surface area (Å²) in [6, 6.07) is 1.81. The summed E-state index contributed by atoms with van der Waals surface area (Å²) in [5.41, 5.74) is 8.11. The summed E-state index contributed by atoms with van der Waals surface area (Å²) >= 11 is 0. The predicted octanol–water partition coefficient (Wildman–Crippen LogP) is 0.791. The first-order valence-corrected chi connectivity index (χ1v) is 5.05. The molecule has 1 saturated carbocycles. The molecule has 0 aromatic carbocycles. The van der Waals surface area contributed by atoms with Gasteiger partial charge in [-0.05, 0) is 25.7 Å². The summed E-state index contributed by atoms with van der Waals surface area (Å²) in [6.07, 6.45) is 2.11. The highest BCUT2D eigenvalue weighted by atomic mass is 16.1. The van der Waals surface area contributed by atoms with Gasteiger partial charge in [-0.1, -0.05) is 0 Å². The van der Waals surface area contributed by atoms with E-state index >= 15 is 0 Å². The molecule has 5 nitrogen and oxygen atoms in total. The van der Waals surface area contributed by atoms with Crippen LogP contribution in [0.3, 0.4) is 0 Å². The van der Waals surface area contributed by atoms with Crippen molar-refractivity contribution in [3.8, 4) is 0 Å². The minimum absolute atomic E-state index is 0.0672. The van der Waals surface area contributed by atoms with Crippen molar-refractivity contribution in [2.45, 2.75) is 25.7 Å². The lowest BCUT2D eigenvalue weighted by molar-refractivity contribution is 0.893. The molecule has 78 valence electrons. The zero-order chi connectivity index (χ0) is 10.6. The largest absolute Gasteiger partial charge is 0.383 e. The molecule has 1 fully saturated rings. The van der Waals surface area contributed by atoms with Gasteiger partial charge in [-0.3, -0.25) is 4.79 Å². The van der Waals surface area contributed by atoms with E-state index in [1.54, 1.807) is 4.52 Å². The summed E-state index contributed by atoms with van der Waals surface area (Å²) in [7, 11) is 0. The van der Waals surface area contributed by atoms with Crippen LogP contribution in [-0.4, -0.2) is 14.6 Å². The number of nitrogen functional groups attached to an aromatic ring is 1. The topological polar surface area (TPSA) is 76.2 Å². The monoisotopic (exact) mass is 204 g/mol. The van der Waals surface area contributed by atoms with E-state index in [-0.39, 0.29) is 5.56 Å². The first kappa shape index (κ1) is 8.52. The molecule has 3 N–H and O–H groups in total. The van der Waals surface area contributed by atoms with E-state index in [0.717, 1.165) is 18.5 Å². The van der Waals surface area contributed by atoms with Gasteiger partial charge in [0.2, 0.25) is 0 Å². The molecule has 0 amide bonds. The molecule has 0 unspecified atom stereocenters. The number of hydrogen-bond donors (Lipinski definition) is 2. The van der Waals surface area contributed by atoms with Crippen LogP contribution in [0.1, 0.15) is 30.0 Å². The fourth-order valence-electron chi connectivity index (χ4n) is 1.95. The van der Waals surface area contributed by atoms with Gasteiger partial charge in [0.1, 0.15) is 11.5 Å². The van der Waals surface area contributed by atoms with E-state index in [9.17, 15) is 4.79 Å². The molecule has 3 rings (SSSR count). The van der Waals surface area contributed by atoms with Crippen molar-refractivity contribution in [3.63, 3.8) is 0 Å². The SMILES string of the molecule is Cc1cc2[nH]c(=O)c(C3CC3)c(N)n2n1. The Kier molecular flexibility index (Phi) is 1.49. The number of fused-ring (bicyclic) bond motifs is 1. The third-order valence-electron chi connectivity index (χ3n) is 2.81. The molecule has 1 aliphatic carbocycles. The molecule has 15 heavy (non-hydrogen) atoms.